The van der Waals surface area contributed by atoms with Crippen LogP contribution in [0.4, 0.5) is 0 Å². The second-order valence-corrected chi connectivity index (χ2v) is 2.62. The predicted octanol–water partition coefficient (Wildman–Crippen LogP) is 0.887. The van der Waals surface area contributed by atoms with E-state index in [1.807, 2.05) is 0 Å². The van der Waals surface area contributed by atoms with Gasteiger partial charge in [-0.15, -0.1) is 0 Å². The maximum absolute atomic E-state index is 3.98. The molecule has 0 saturated carbocycles. The van der Waals surface area contributed by atoms with Crippen molar-refractivity contribution in [2.45, 2.75) is 0 Å². The van der Waals surface area contributed by atoms with Crippen LogP contribution < -0.4 is 0 Å². The lowest BCUT2D eigenvalue weighted by Crippen LogP contribution is -1.88. The molecule has 0 fully saturated rings. The van der Waals surface area contributed by atoms with Crippen LogP contribution in [0.2, 0.25) is 0 Å². The second kappa shape index (κ2) is 2.02. The summed E-state index contributed by atoms with van der Waals surface area (Å²) >= 11 is 3.29. The van der Waals surface area contributed by atoms with Gasteiger partial charge in [-0.2, -0.15) is 5.10 Å². The minimum atomic E-state index is 0.787. The van der Waals surface area contributed by atoms with Crippen molar-refractivity contribution < 1.29 is 0 Å². The Morgan fingerprint density at radius 3 is 3.20 bits per heavy atom. The van der Waals surface area contributed by atoms with E-state index in [1.54, 1.807) is 17.0 Å². The van der Waals surface area contributed by atoms with Crippen LogP contribution in [0.1, 0.15) is 0 Å². The molecule has 0 atom stereocenters. The first-order valence-electron chi connectivity index (χ1n) is 2.67. The van der Waals surface area contributed by atoms with Gasteiger partial charge >= 0.3 is 0 Å². The SMILES string of the molecule is Brc1cncn2ncnc12. The Hall–Kier alpha value is -0.970. The summed E-state index contributed by atoms with van der Waals surface area (Å²) in [4.78, 5) is 7.88. The Morgan fingerprint density at radius 2 is 2.40 bits per heavy atom. The predicted molar refractivity (Wildman–Crippen MR) is 38.5 cm³/mol. The highest BCUT2D eigenvalue weighted by atomic mass is 79.9. The lowest BCUT2D eigenvalue weighted by Gasteiger charge is -1.89. The summed E-state index contributed by atoms with van der Waals surface area (Å²) in [5.41, 5.74) is 0.787. The van der Waals surface area contributed by atoms with Crippen LogP contribution >= 0.6 is 15.9 Å². The van der Waals surface area contributed by atoms with Crippen molar-refractivity contribution in [2.24, 2.45) is 0 Å². The molecule has 5 heteroatoms. The third-order valence-corrected chi connectivity index (χ3v) is 1.71. The molecule has 0 aliphatic rings. The summed E-state index contributed by atoms with van der Waals surface area (Å²) in [5.74, 6) is 0. The van der Waals surface area contributed by atoms with Gasteiger partial charge in [0.05, 0.1) is 4.47 Å². The zero-order valence-corrected chi connectivity index (χ0v) is 6.48. The van der Waals surface area contributed by atoms with E-state index in [2.05, 4.69) is 31.0 Å². The number of halogens is 1. The van der Waals surface area contributed by atoms with E-state index in [0.717, 1.165) is 10.1 Å². The Kier molecular flexibility index (Phi) is 1.17. The lowest BCUT2D eigenvalue weighted by molar-refractivity contribution is 0.918. The van der Waals surface area contributed by atoms with Crippen molar-refractivity contribution in [1.82, 2.24) is 19.6 Å². The summed E-state index contributed by atoms with van der Waals surface area (Å²) in [6, 6.07) is 0. The Morgan fingerprint density at radius 1 is 1.50 bits per heavy atom. The molecule has 2 aromatic heterocycles. The van der Waals surface area contributed by atoms with Gasteiger partial charge in [0.25, 0.3) is 0 Å². The summed E-state index contributed by atoms with van der Waals surface area (Å²) in [6.45, 7) is 0. The second-order valence-electron chi connectivity index (χ2n) is 1.77. The quantitative estimate of drug-likeness (QED) is 0.632. The number of nitrogens with zero attached hydrogens (tertiary/aromatic N) is 4. The average Bonchev–Trinajstić information content (AvgIpc) is 2.36. The van der Waals surface area contributed by atoms with Crippen LogP contribution in [0.3, 0.4) is 0 Å². The van der Waals surface area contributed by atoms with E-state index in [-0.39, 0.29) is 0 Å². The van der Waals surface area contributed by atoms with Crippen LogP contribution in [0.15, 0.2) is 23.3 Å². The summed E-state index contributed by atoms with van der Waals surface area (Å²) < 4.78 is 2.46. The van der Waals surface area contributed by atoms with Crippen LogP contribution in [-0.2, 0) is 0 Å². The van der Waals surface area contributed by atoms with Crippen molar-refractivity contribution >= 4 is 21.6 Å². The molecular formula is C5H3BrN4. The van der Waals surface area contributed by atoms with Crippen molar-refractivity contribution in [2.75, 3.05) is 0 Å². The molecular weight excluding hydrogens is 196 g/mol. The van der Waals surface area contributed by atoms with Crippen molar-refractivity contribution in [3.8, 4) is 0 Å². The minimum Gasteiger partial charge on any atom is -0.243 e. The summed E-state index contributed by atoms with van der Waals surface area (Å²) in [6.07, 6.45) is 4.78. The van der Waals surface area contributed by atoms with Crippen molar-refractivity contribution in [1.29, 1.82) is 0 Å². The highest BCUT2D eigenvalue weighted by molar-refractivity contribution is 9.10. The fourth-order valence-electron chi connectivity index (χ4n) is 0.725. The number of hydrogen-bond acceptors (Lipinski definition) is 3. The van der Waals surface area contributed by atoms with Gasteiger partial charge in [0, 0.05) is 6.20 Å². The molecule has 50 valence electrons. The van der Waals surface area contributed by atoms with Crippen LogP contribution in [0.5, 0.6) is 0 Å². The fraction of sp³-hybridized carbons (Fsp3) is 0. The molecule has 2 heterocycles. The third-order valence-electron chi connectivity index (χ3n) is 1.15. The molecule has 2 aromatic rings. The van der Waals surface area contributed by atoms with E-state index >= 15 is 0 Å². The van der Waals surface area contributed by atoms with Crippen LogP contribution in [0.25, 0.3) is 5.65 Å². The van der Waals surface area contributed by atoms with E-state index in [4.69, 9.17) is 0 Å². The first-order chi connectivity index (χ1) is 4.88. The Labute approximate surface area is 65.0 Å². The third kappa shape index (κ3) is 0.706. The zero-order valence-electron chi connectivity index (χ0n) is 4.90. The lowest BCUT2D eigenvalue weighted by atomic mass is 10.6. The molecule has 0 saturated heterocycles. The fourth-order valence-corrected chi connectivity index (χ4v) is 1.13. The van der Waals surface area contributed by atoms with E-state index in [0.29, 0.717) is 0 Å². The first kappa shape index (κ1) is 5.79. The highest BCUT2D eigenvalue weighted by Crippen LogP contribution is 2.11. The topological polar surface area (TPSA) is 43.1 Å². The van der Waals surface area contributed by atoms with Crippen LogP contribution in [-0.4, -0.2) is 19.6 Å². The molecule has 0 aliphatic carbocycles. The van der Waals surface area contributed by atoms with Crippen molar-refractivity contribution in [3.63, 3.8) is 0 Å². The summed E-state index contributed by atoms with van der Waals surface area (Å²) in [7, 11) is 0. The first-order valence-corrected chi connectivity index (χ1v) is 3.46. The molecule has 0 bridgehead atoms. The van der Waals surface area contributed by atoms with Gasteiger partial charge in [-0.1, -0.05) is 0 Å². The van der Waals surface area contributed by atoms with Gasteiger partial charge < -0.3 is 0 Å². The number of hydrogen-bond donors (Lipinski definition) is 0. The van der Waals surface area contributed by atoms with Gasteiger partial charge in [-0.3, -0.25) is 0 Å². The molecule has 0 radical (unpaired) electrons. The maximum Gasteiger partial charge on any atom is 0.172 e. The van der Waals surface area contributed by atoms with Gasteiger partial charge in [0.1, 0.15) is 12.7 Å². The molecule has 0 aliphatic heterocycles. The number of aromatic nitrogens is 4. The molecule has 0 N–H and O–H groups in total. The molecule has 4 nitrogen and oxygen atoms in total. The van der Waals surface area contributed by atoms with Gasteiger partial charge in [0.15, 0.2) is 5.65 Å². The van der Waals surface area contributed by atoms with Gasteiger partial charge in [-0.05, 0) is 15.9 Å². The zero-order chi connectivity index (χ0) is 6.97. The number of fused-ring (bicyclic) bond motifs is 1. The molecule has 2 rings (SSSR count). The van der Waals surface area contributed by atoms with E-state index in [1.165, 1.54) is 6.33 Å². The number of rotatable bonds is 0. The molecule has 0 aromatic carbocycles. The highest BCUT2D eigenvalue weighted by Gasteiger charge is 1.97. The average molecular weight is 199 g/mol. The van der Waals surface area contributed by atoms with Crippen molar-refractivity contribution in [3.05, 3.63) is 23.3 Å². The summed E-state index contributed by atoms with van der Waals surface area (Å²) in [5, 5.41) is 3.89. The Bertz CT molecular complexity index is 355. The van der Waals surface area contributed by atoms with Crippen LogP contribution in [0, 0.1) is 0 Å². The van der Waals surface area contributed by atoms with Gasteiger partial charge in [-0.25, -0.2) is 14.5 Å². The molecule has 0 amide bonds. The standard InChI is InChI=1S/C5H3BrN4/c6-4-1-7-3-10-5(4)8-2-9-10/h1-3H. The largest absolute Gasteiger partial charge is 0.243 e. The molecule has 10 heavy (non-hydrogen) atoms. The monoisotopic (exact) mass is 198 g/mol. The van der Waals surface area contributed by atoms with E-state index < -0.39 is 0 Å². The normalized spacial score (nSPS) is 10.5. The Balaban J connectivity index is 2.95. The minimum absolute atomic E-state index is 0.787. The maximum atomic E-state index is 3.98. The molecule has 0 spiro atoms. The molecule has 0 unspecified atom stereocenters. The van der Waals surface area contributed by atoms with E-state index in [9.17, 15) is 0 Å². The van der Waals surface area contributed by atoms with Gasteiger partial charge in [0.2, 0.25) is 0 Å². The smallest absolute Gasteiger partial charge is 0.172 e.